The first-order valence-corrected chi connectivity index (χ1v) is 11.1. The van der Waals surface area contributed by atoms with Crippen LogP contribution in [0.4, 0.5) is 0 Å². The van der Waals surface area contributed by atoms with Gasteiger partial charge in [-0.1, -0.05) is 30.2 Å². The lowest BCUT2D eigenvalue weighted by atomic mass is 10.0. The van der Waals surface area contributed by atoms with E-state index in [1.165, 1.54) is 36.3 Å². The molecule has 2 nitrogen and oxygen atoms in total. The van der Waals surface area contributed by atoms with E-state index in [2.05, 4.69) is 47.6 Å². The number of hydrogen-bond donors (Lipinski definition) is 0. The SMILES string of the molecule is CSc1ccc(OCC2CCCCN(CCc3cccc(Cl)c3)C2)cc1. The number of thioether (sulfide) groups is 1. The molecular formula is C22H28ClNOS. The highest BCUT2D eigenvalue weighted by Crippen LogP contribution is 2.22. The van der Waals surface area contributed by atoms with E-state index in [4.69, 9.17) is 16.3 Å². The molecule has 3 rings (SSSR count). The molecular weight excluding hydrogens is 362 g/mol. The number of hydrogen-bond acceptors (Lipinski definition) is 3. The number of likely N-dealkylation sites (tertiary alicyclic amines) is 1. The van der Waals surface area contributed by atoms with Gasteiger partial charge in [-0.3, -0.25) is 0 Å². The minimum Gasteiger partial charge on any atom is -0.493 e. The van der Waals surface area contributed by atoms with Gasteiger partial charge in [-0.25, -0.2) is 0 Å². The van der Waals surface area contributed by atoms with Crippen LogP contribution in [-0.2, 0) is 6.42 Å². The summed E-state index contributed by atoms with van der Waals surface area (Å²) in [5.74, 6) is 1.59. The molecule has 2 aromatic carbocycles. The Morgan fingerprint density at radius 3 is 2.77 bits per heavy atom. The first-order chi connectivity index (χ1) is 12.7. The van der Waals surface area contributed by atoms with Crippen molar-refractivity contribution in [3.63, 3.8) is 0 Å². The standard InChI is InChI=1S/C22H28ClNOS/c1-26-22-10-8-21(9-11-22)25-17-19-5-2-3-13-24(16-19)14-12-18-6-4-7-20(23)15-18/h4,6-11,15,19H,2-3,5,12-14,16-17H2,1H3. The van der Waals surface area contributed by atoms with E-state index in [1.54, 1.807) is 11.8 Å². The summed E-state index contributed by atoms with van der Waals surface area (Å²) in [6, 6.07) is 16.7. The third-order valence-electron chi connectivity index (χ3n) is 5.00. The Balaban J connectivity index is 1.48. The maximum atomic E-state index is 6.10. The normalized spacial score (nSPS) is 18.5. The quantitative estimate of drug-likeness (QED) is 0.556. The maximum absolute atomic E-state index is 6.10. The Hall–Kier alpha value is -1.16. The highest BCUT2D eigenvalue weighted by Gasteiger charge is 2.18. The summed E-state index contributed by atoms with van der Waals surface area (Å²) in [4.78, 5) is 3.87. The first-order valence-electron chi connectivity index (χ1n) is 9.46. The Morgan fingerprint density at radius 2 is 2.00 bits per heavy atom. The van der Waals surface area contributed by atoms with E-state index in [-0.39, 0.29) is 0 Å². The number of ether oxygens (including phenoxy) is 1. The Kier molecular flexibility index (Phi) is 7.72. The van der Waals surface area contributed by atoms with Crippen molar-refractivity contribution in [1.82, 2.24) is 4.90 Å². The van der Waals surface area contributed by atoms with Gasteiger partial charge in [0.2, 0.25) is 0 Å². The summed E-state index contributed by atoms with van der Waals surface area (Å²) >= 11 is 7.86. The second kappa shape index (κ2) is 10.2. The van der Waals surface area contributed by atoms with Crippen molar-refractivity contribution in [1.29, 1.82) is 0 Å². The lowest BCUT2D eigenvalue weighted by molar-refractivity contribution is 0.188. The van der Waals surface area contributed by atoms with Crippen LogP contribution >= 0.6 is 23.4 Å². The van der Waals surface area contributed by atoms with Gasteiger partial charge < -0.3 is 9.64 Å². The average Bonchev–Trinajstić information content (AvgIpc) is 2.90. The van der Waals surface area contributed by atoms with E-state index < -0.39 is 0 Å². The van der Waals surface area contributed by atoms with E-state index in [1.807, 2.05) is 12.1 Å². The number of nitrogens with zero attached hydrogens (tertiary/aromatic N) is 1. The van der Waals surface area contributed by atoms with Gasteiger partial charge in [0, 0.05) is 28.9 Å². The molecule has 0 radical (unpaired) electrons. The van der Waals surface area contributed by atoms with Crippen molar-refractivity contribution in [2.45, 2.75) is 30.6 Å². The van der Waals surface area contributed by atoms with Crippen molar-refractivity contribution < 1.29 is 4.74 Å². The van der Waals surface area contributed by atoms with Gasteiger partial charge in [0.05, 0.1) is 6.61 Å². The summed E-state index contributed by atoms with van der Waals surface area (Å²) in [7, 11) is 0. The third kappa shape index (κ3) is 6.22. The van der Waals surface area contributed by atoms with Crippen LogP contribution < -0.4 is 4.74 Å². The van der Waals surface area contributed by atoms with Crippen LogP contribution in [0.25, 0.3) is 0 Å². The second-order valence-electron chi connectivity index (χ2n) is 7.03. The predicted molar refractivity (Wildman–Crippen MR) is 113 cm³/mol. The van der Waals surface area contributed by atoms with Crippen molar-refractivity contribution in [2.75, 3.05) is 32.5 Å². The Morgan fingerprint density at radius 1 is 1.15 bits per heavy atom. The van der Waals surface area contributed by atoms with Gasteiger partial charge in [0.1, 0.15) is 5.75 Å². The molecule has 0 saturated carbocycles. The summed E-state index contributed by atoms with van der Waals surface area (Å²) in [6.45, 7) is 4.23. The number of rotatable bonds is 7. The molecule has 26 heavy (non-hydrogen) atoms. The fourth-order valence-electron chi connectivity index (χ4n) is 3.52. The largest absolute Gasteiger partial charge is 0.493 e. The van der Waals surface area contributed by atoms with Crippen molar-refractivity contribution in [3.8, 4) is 5.75 Å². The van der Waals surface area contributed by atoms with Gasteiger partial charge in [-0.15, -0.1) is 11.8 Å². The van der Waals surface area contributed by atoms with Gasteiger partial charge >= 0.3 is 0 Å². The molecule has 2 aromatic rings. The molecule has 0 amide bonds. The molecule has 0 bridgehead atoms. The summed E-state index contributed by atoms with van der Waals surface area (Å²) in [5, 5.41) is 0.831. The predicted octanol–water partition coefficient (Wildman–Crippen LogP) is 5.79. The second-order valence-corrected chi connectivity index (χ2v) is 8.34. The van der Waals surface area contributed by atoms with Crippen LogP contribution in [0, 0.1) is 5.92 Å². The van der Waals surface area contributed by atoms with E-state index in [9.17, 15) is 0 Å². The van der Waals surface area contributed by atoms with Crippen LogP contribution in [0.2, 0.25) is 5.02 Å². The highest BCUT2D eigenvalue weighted by atomic mass is 35.5. The molecule has 1 heterocycles. The lowest BCUT2D eigenvalue weighted by Gasteiger charge is -2.24. The van der Waals surface area contributed by atoms with E-state index >= 15 is 0 Å². The summed E-state index contributed by atoms with van der Waals surface area (Å²) in [6.07, 6.45) is 7.00. The van der Waals surface area contributed by atoms with Crippen molar-refractivity contribution >= 4 is 23.4 Å². The average molecular weight is 390 g/mol. The van der Waals surface area contributed by atoms with Crippen molar-refractivity contribution in [2.24, 2.45) is 5.92 Å². The highest BCUT2D eigenvalue weighted by molar-refractivity contribution is 7.98. The maximum Gasteiger partial charge on any atom is 0.119 e. The fraction of sp³-hybridized carbons (Fsp3) is 0.455. The zero-order valence-electron chi connectivity index (χ0n) is 15.5. The molecule has 1 unspecified atom stereocenters. The van der Waals surface area contributed by atoms with Crippen LogP contribution in [-0.4, -0.2) is 37.4 Å². The molecule has 0 aliphatic carbocycles. The molecule has 0 N–H and O–H groups in total. The Bertz CT molecular complexity index is 676. The van der Waals surface area contributed by atoms with Gasteiger partial charge in [0.25, 0.3) is 0 Å². The minimum absolute atomic E-state index is 0.608. The van der Waals surface area contributed by atoms with Gasteiger partial charge in [-0.2, -0.15) is 0 Å². The topological polar surface area (TPSA) is 12.5 Å². The summed E-state index contributed by atoms with van der Waals surface area (Å²) in [5.41, 5.74) is 1.32. The lowest BCUT2D eigenvalue weighted by Crippen LogP contribution is -2.32. The third-order valence-corrected chi connectivity index (χ3v) is 5.98. The molecule has 0 aromatic heterocycles. The molecule has 4 heteroatoms. The molecule has 140 valence electrons. The smallest absolute Gasteiger partial charge is 0.119 e. The van der Waals surface area contributed by atoms with Crippen LogP contribution in [0.1, 0.15) is 24.8 Å². The molecule has 1 atom stereocenters. The van der Waals surface area contributed by atoms with Gasteiger partial charge in [-0.05, 0) is 74.0 Å². The number of benzene rings is 2. The molecule has 1 aliphatic rings. The monoisotopic (exact) mass is 389 g/mol. The van der Waals surface area contributed by atoms with Crippen molar-refractivity contribution in [3.05, 3.63) is 59.1 Å². The van der Waals surface area contributed by atoms with Gasteiger partial charge in [0.15, 0.2) is 0 Å². The zero-order valence-corrected chi connectivity index (χ0v) is 17.1. The zero-order chi connectivity index (χ0) is 18.2. The molecule has 1 aliphatic heterocycles. The number of halogens is 1. The molecule has 1 saturated heterocycles. The van der Waals surface area contributed by atoms with Crippen LogP contribution in [0.15, 0.2) is 53.4 Å². The summed E-state index contributed by atoms with van der Waals surface area (Å²) < 4.78 is 6.07. The van der Waals surface area contributed by atoms with Crippen LogP contribution in [0.3, 0.4) is 0 Å². The fourth-order valence-corrected chi connectivity index (χ4v) is 4.14. The van der Waals surface area contributed by atoms with E-state index in [0.717, 1.165) is 36.9 Å². The molecule has 1 fully saturated rings. The first kappa shape index (κ1) is 19.6. The minimum atomic E-state index is 0.608. The molecule has 0 spiro atoms. The van der Waals surface area contributed by atoms with Crippen LogP contribution in [0.5, 0.6) is 5.75 Å². The Labute approximate surface area is 166 Å². The van der Waals surface area contributed by atoms with E-state index in [0.29, 0.717) is 5.92 Å².